The zero-order valence-corrected chi connectivity index (χ0v) is 10.5. The number of nitrogens with zero attached hydrogens (tertiary/aromatic N) is 2. The van der Waals surface area contributed by atoms with Gasteiger partial charge in [-0.1, -0.05) is 6.92 Å². The lowest BCUT2D eigenvalue weighted by molar-refractivity contribution is -0.0366. The summed E-state index contributed by atoms with van der Waals surface area (Å²) < 4.78 is 5.66. The van der Waals surface area contributed by atoms with E-state index >= 15 is 0 Å². The Labute approximate surface area is 106 Å². The van der Waals surface area contributed by atoms with Crippen molar-refractivity contribution in [3.8, 4) is 0 Å². The number of morpholine rings is 1. The summed E-state index contributed by atoms with van der Waals surface area (Å²) in [6.45, 7) is 4.93. The monoisotopic (exact) mass is 250 g/mol. The Morgan fingerprint density at radius 2 is 2.50 bits per heavy atom. The summed E-state index contributed by atoms with van der Waals surface area (Å²) in [5.74, 6) is 0.00736. The third-order valence-corrected chi connectivity index (χ3v) is 3.68. The van der Waals surface area contributed by atoms with Crippen LogP contribution >= 0.6 is 0 Å². The van der Waals surface area contributed by atoms with Crippen molar-refractivity contribution in [3.63, 3.8) is 0 Å². The first kappa shape index (κ1) is 11.7. The number of H-pyrrole nitrogens is 1. The molecule has 2 saturated heterocycles. The van der Waals surface area contributed by atoms with Crippen LogP contribution in [0.5, 0.6) is 0 Å². The van der Waals surface area contributed by atoms with Gasteiger partial charge >= 0.3 is 0 Å². The Balaban J connectivity index is 1.78. The van der Waals surface area contributed by atoms with Crippen LogP contribution < -0.4 is 5.32 Å². The number of hydrogen-bond donors (Lipinski definition) is 2. The first-order chi connectivity index (χ1) is 8.79. The van der Waals surface area contributed by atoms with Crippen molar-refractivity contribution in [1.82, 2.24) is 20.4 Å². The van der Waals surface area contributed by atoms with Crippen molar-refractivity contribution >= 4 is 5.91 Å². The highest BCUT2D eigenvalue weighted by atomic mass is 16.5. The van der Waals surface area contributed by atoms with Gasteiger partial charge in [0.05, 0.1) is 18.8 Å². The van der Waals surface area contributed by atoms with Gasteiger partial charge in [-0.15, -0.1) is 0 Å². The summed E-state index contributed by atoms with van der Waals surface area (Å²) in [6.07, 6.45) is 0.990. The van der Waals surface area contributed by atoms with E-state index in [2.05, 4.69) is 15.5 Å². The summed E-state index contributed by atoms with van der Waals surface area (Å²) >= 11 is 0. The number of aromatic amines is 1. The van der Waals surface area contributed by atoms with Crippen molar-refractivity contribution in [2.75, 3.05) is 26.2 Å². The van der Waals surface area contributed by atoms with Gasteiger partial charge in [0.1, 0.15) is 5.69 Å². The predicted octanol–water partition coefficient (Wildman–Crippen LogP) is -0.215. The van der Waals surface area contributed by atoms with Gasteiger partial charge in [-0.2, -0.15) is 5.10 Å². The van der Waals surface area contributed by atoms with Gasteiger partial charge in [-0.05, 0) is 12.5 Å². The first-order valence-electron chi connectivity index (χ1n) is 6.47. The molecule has 0 aliphatic carbocycles. The van der Waals surface area contributed by atoms with Gasteiger partial charge in [0.2, 0.25) is 0 Å². The third-order valence-electron chi connectivity index (χ3n) is 3.68. The Hall–Kier alpha value is -1.40. The highest BCUT2D eigenvalue weighted by Crippen LogP contribution is 2.19. The number of carbonyl (C=O) groups excluding carboxylic acids is 1. The Morgan fingerprint density at radius 1 is 1.61 bits per heavy atom. The zero-order chi connectivity index (χ0) is 12.5. The van der Waals surface area contributed by atoms with E-state index in [0.717, 1.165) is 25.2 Å². The van der Waals surface area contributed by atoms with Crippen molar-refractivity contribution in [2.24, 2.45) is 0 Å². The molecule has 0 spiro atoms. The number of fused-ring (bicyclic) bond motifs is 1. The topological polar surface area (TPSA) is 70.2 Å². The molecule has 2 fully saturated rings. The van der Waals surface area contributed by atoms with Gasteiger partial charge in [-0.25, -0.2) is 0 Å². The molecule has 98 valence electrons. The third kappa shape index (κ3) is 1.91. The average Bonchev–Trinajstić information content (AvgIpc) is 3.05. The van der Waals surface area contributed by atoms with Gasteiger partial charge < -0.3 is 15.0 Å². The summed E-state index contributed by atoms with van der Waals surface area (Å²) in [5.41, 5.74) is 1.51. The molecule has 6 nitrogen and oxygen atoms in total. The van der Waals surface area contributed by atoms with E-state index in [9.17, 15) is 4.79 Å². The van der Waals surface area contributed by atoms with E-state index in [1.54, 1.807) is 0 Å². The number of amides is 1. The van der Waals surface area contributed by atoms with Gasteiger partial charge in [0.25, 0.3) is 5.91 Å². The minimum Gasteiger partial charge on any atom is -0.373 e. The average molecular weight is 250 g/mol. The van der Waals surface area contributed by atoms with E-state index in [1.807, 2.05) is 17.9 Å². The molecule has 6 heteroatoms. The molecule has 1 aromatic heterocycles. The quantitative estimate of drug-likeness (QED) is 0.761. The lowest BCUT2D eigenvalue weighted by atomic mass is 10.1. The molecule has 3 rings (SSSR count). The van der Waals surface area contributed by atoms with Gasteiger partial charge in [0, 0.05) is 25.3 Å². The Kier molecular flexibility index (Phi) is 3.05. The van der Waals surface area contributed by atoms with Crippen LogP contribution in [0.2, 0.25) is 0 Å². The van der Waals surface area contributed by atoms with E-state index in [-0.39, 0.29) is 18.1 Å². The minimum absolute atomic E-state index is 0.00736. The molecule has 0 radical (unpaired) electrons. The molecule has 2 aliphatic heterocycles. The largest absolute Gasteiger partial charge is 0.373 e. The van der Waals surface area contributed by atoms with Crippen LogP contribution in [-0.4, -0.2) is 59.4 Å². The maximum Gasteiger partial charge on any atom is 0.274 e. The van der Waals surface area contributed by atoms with Gasteiger partial charge in [0.15, 0.2) is 0 Å². The van der Waals surface area contributed by atoms with Crippen LogP contribution in [0.25, 0.3) is 0 Å². The highest BCUT2D eigenvalue weighted by molar-refractivity contribution is 5.92. The maximum absolute atomic E-state index is 12.4. The van der Waals surface area contributed by atoms with Crippen LogP contribution in [-0.2, 0) is 11.2 Å². The molecule has 0 saturated carbocycles. The molecular weight excluding hydrogens is 232 g/mol. The number of rotatable bonds is 2. The van der Waals surface area contributed by atoms with Crippen molar-refractivity contribution in [2.45, 2.75) is 25.5 Å². The Morgan fingerprint density at radius 3 is 3.28 bits per heavy atom. The second kappa shape index (κ2) is 4.70. The SMILES string of the molecule is CCc1cc(C(=O)N2CCO[C@H]3CNC[C@H]32)n[nH]1. The molecule has 2 aliphatic rings. The van der Waals surface area contributed by atoms with Gasteiger partial charge in [-0.3, -0.25) is 9.89 Å². The number of aryl methyl sites for hydroxylation is 1. The summed E-state index contributed by atoms with van der Waals surface area (Å²) in [7, 11) is 0. The number of carbonyl (C=O) groups is 1. The van der Waals surface area contributed by atoms with E-state index in [0.29, 0.717) is 18.8 Å². The molecule has 1 amide bonds. The van der Waals surface area contributed by atoms with E-state index in [4.69, 9.17) is 4.74 Å². The molecule has 3 heterocycles. The fourth-order valence-corrected chi connectivity index (χ4v) is 2.64. The number of hydrogen-bond acceptors (Lipinski definition) is 4. The Bertz CT molecular complexity index is 445. The summed E-state index contributed by atoms with van der Waals surface area (Å²) in [4.78, 5) is 14.3. The molecule has 2 atom stereocenters. The van der Waals surface area contributed by atoms with Crippen LogP contribution in [0.4, 0.5) is 0 Å². The lowest BCUT2D eigenvalue weighted by Crippen LogP contribution is -2.53. The number of ether oxygens (including phenoxy) is 1. The predicted molar refractivity (Wildman–Crippen MR) is 65.4 cm³/mol. The summed E-state index contributed by atoms with van der Waals surface area (Å²) in [5, 5.41) is 10.3. The molecule has 1 aromatic rings. The second-order valence-corrected chi connectivity index (χ2v) is 4.77. The van der Waals surface area contributed by atoms with Crippen LogP contribution in [0.15, 0.2) is 6.07 Å². The van der Waals surface area contributed by atoms with E-state index < -0.39 is 0 Å². The highest BCUT2D eigenvalue weighted by Gasteiger charge is 2.39. The lowest BCUT2D eigenvalue weighted by Gasteiger charge is -2.36. The van der Waals surface area contributed by atoms with Crippen molar-refractivity contribution in [3.05, 3.63) is 17.5 Å². The number of nitrogens with one attached hydrogen (secondary N) is 2. The normalized spacial score (nSPS) is 27.3. The second-order valence-electron chi connectivity index (χ2n) is 4.77. The van der Waals surface area contributed by atoms with Crippen LogP contribution in [0.3, 0.4) is 0 Å². The van der Waals surface area contributed by atoms with Crippen LogP contribution in [0, 0.1) is 0 Å². The van der Waals surface area contributed by atoms with Crippen molar-refractivity contribution < 1.29 is 9.53 Å². The molecule has 0 bridgehead atoms. The standard InChI is InChI=1S/C12H18N4O2/c1-2-8-5-9(15-14-8)12(17)16-3-4-18-11-7-13-6-10(11)16/h5,10-11,13H,2-4,6-7H2,1H3,(H,14,15)/t10-,11+/m1/s1. The molecule has 2 N–H and O–H groups in total. The maximum atomic E-state index is 12.4. The summed E-state index contributed by atoms with van der Waals surface area (Å²) in [6, 6.07) is 1.99. The molecule has 18 heavy (non-hydrogen) atoms. The van der Waals surface area contributed by atoms with Crippen LogP contribution in [0.1, 0.15) is 23.1 Å². The molecule has 0 unspecified atom stereocenters. The molecule has 0 aromatic carbocycles. The van der Waals surface area contributed by atoms with E-state index in [1.165, 1.54) is 0 Å². The fraction of sp³-hybridized carbons (Fsp3) is 0.667. The molecular formula is C12H18N4O2. The fourth-order valence-electron chi connectivity index (χ4n) is 2.64. The zero-order valence-electron chi connectivity index (χ0n) is 10.5. The van der Waals surface area contributed by atoms with Crippen molar-refractivity contribution in [1.29, 1.82) is 0 Å². The first-order valence-corrected chi connectivity index (χ1v) is 6.47. The number of aromatic nitrogens is 2. The minimum atomic E-state index is 0.00736. The smallest absolute Gasteiger partial charge is 0.274 e.